The van der Waals surface area contributed by atoms with Crippen LogP contribution in [0.1, 0.15) is 21.7 Å². The second-order valence-electron chi connectivity index (χ2n) is 6.91. The van der Waals surface area contributed by atoms with E-state index in [1.165, 1.54) is 0 Å². The third kappa shape index (κ3) is 3.88. The van der Waals surface area contributed by atoms with Crippen LogP contribution in [0.25, 0.3) is 0 Å². The van der Waals surface area contributed by atoms with Crippen LogP contribution in [-0.2, 0) is 11.8 Å². The first-order valence-electron chi connectivity index (χ1n) is 8.97. The number of ketones is 1. The maximum atomic E-state index is 12.6. The van der Waals surface area contributed by atoms with Gasteiger partial charge in [-0.1, -0.05) is 0 Å². The number of aromatic nitrogens is 1. The molecule has 0 saturated carbocycles. The Balaban J connectivity index is 1.51. The Morgan fingerprint density at radius 1 is 1.00 bits per heavy atom. The number of amides is 2. The van der Waals surface area contributed by atoms with Crippen LogP contribution in [0.2, 0.25) is 0 Å². The number of Topliss-reactive ketones (excluding diaryl/α,β-unsaturated/α-hetero) is 1. The number of ether oxygens (including phenoxy) is 1. The summed E-state index contributed by atoms with van der Waals surface area (Å²) in [6.45, 7) is 9.84. The topological polar surface area (TPSA) is 58.0 Å². The molecule has 2 amide bonds. The number of morpholine rings is 1. The average Bonchev–Trinajstić information content (AvgIpc) is 2.90. The normalized spacial score (nSPS) is 19.3. The van der Waals surface area contributed by atoms with Crippen molar-refractivity contribution in [3.63, 3.8) is 0 Å². The highest BCUT2D eigenvalue weighted by Crippen LogP contribution is 2.15. The fraction of sp³-hybridized carbons (Fsp3) is 0.667. The summed E-state index contributed by atoms with van der Waals surface area (Å²) in [5.41, 5.74) is 2.93. The molecule has 3 rings (SSSR count). The van der Waals surface area contributed by atoms with Gasteiger partial charge in [-0.3, -0.25) is 9.69 Å². The molecule has 0 unspecified atom stereocenters. The van der Waals surface area contributed by atoms with Crippen molar-refractivity contribution < 1.29 is 14.3 Å². The van der Waals surface area contributed by atoms with E-state index in [-0.39, 0.29) is 11.8 Å². The molecule has 2 fully saturated rings. The van der Waals surface area contributed by atoms with E-state index in [1.54, 1.807) is 0 Å². The second-order valence-corrected chi connectivity index (χ2v) is 6.91. The van der Waals surface area contributed by atoms with E-state index in [2.05, 4.69) is 4.90 Å². The van der Waals surface area contributed by atoms with Crippen molar-refractivity contribution in [2.45, 2.75) is 13.8 Å². The van der Waals surface area contributed by atoms with Crippen molar-refractivity contribution in [2.75, 3.05) is 59.0 Å². The number of urea groups is 1. The maximum absolute atomic E-state index is 12.6. The van der Waals surface area contributed by atoms with Crippen LogP contribution in [0.15, 0.2) is 6.07 Å². The molecule has 2 aliphatic rings. The number of carbonyl (C=O) groups is 2. The molecule has 0 aliphatic carbocycles. The average molecular weight is 348 g/mol. The molecular formula is C18H28N4O3. The number of rotatable bonds is 3. The molecule has 7 nitrogen and oxygen atoms in total. The third-order valence-corrected chi connectivity index (χ3v) is 5.37. The van der Waals surface area contributed by atoms with Crippen LogP contribution in [0.4, 0.5) is 4.79 Å². The lowest BCUT2D eigenvalue weighted by atomic mass is 10.1. The molecule has 2 aliphatic heterocycles. The Labute approximate surface area is 149 Å². The Kier molecular flexibility index (Phi) is 5.44. The van der Waals surface area contributed by atoms with E-state index < -0.39 is 0 Å². The zero-order valence-corrected chi connectivity index (χ0v) is 15.5. The molecule has 2 saturated heterocycles. The highest BCUT2D eigenvalue weighted by molar-refractivity contribution is 5.99. The lowest BCUT2D eigenvalue weighted by Crippen LogP contribution is -2.55. The summed E-state index contributed by atoms with van der Waals surface area (Å²) in [7, 11) is 1.98. The van der Waals surface area contributed by atoms with Crippen LogP contribution in [-0.4, -0.2) is 90.1 Å². The SMILES string of the molecule is Cc1cc(C(=O)CN2CCN(C(=O)N3CCOCC3)CC2)c(C)n1C. The summed E-state index contributed by atoms with van der Waals surface area (Å²) in [5, 5.41) is 0. The summed E-state index contributed by atoms with van der Waals surface area (Å²) in [6.07, 6.45) is 0. The van der Waals surface area contributed by atoms with Crippen molar-refractivity contribution in [3.05, 3.63) is 23.0 Å². The highest BCUT2D eigenvalue weighted by Gasteiger charge is 2.27. The standard InChI is InChI=1S/C18H28N4O3/c1-14-12-16(15(2)19(14)3)17(23)13-20-4-6-21(7-5-20)18(24)22-8-10-25-11-9-22/h12H,4-11,13H2,1-3H3. The Bertz CT molecular complexity index is 641. The second kappa shape index (κ2) is 7.58. The van der Waals surface area contributed by atoms with Gasteiger partial charge in [-0.2, -0.15) is 0 Å². The first kappa shape index (κ1) is 17.9. The smallest absolute Gasteiger partial charge is 0.320 e. The van der Waals surface area contributed by atoms with Gasteiger partial charge in [0.15, 0.2) is 5.78 Å². The summed E-state index contributed by atoms with van der Waals surface area (Å²) >= 11 is 0. The first-order valence-corrected chi connectivity index (χ1v) is 8.97. The van der Waals surface area contributed by atoms with Crippen LogP contribution in [0, 0.1) is 13.8 Å². The minimum absolute atomic E-state index is 0.101. The Hall–Kier alpha value is -1.86. The minimum Gasteiger partial charge on any atom is -0.378 e. The molecule has 3 heterocycles. The van der Waals surface area contributed by atoms with E-state index in [4.69, 9.17) is 4.74 Å². The molecule has 1 aromatic heterocycles. The van der Waals surface area contributed by atoms with Crippen molar-refractivity contribution in [1.82, 2.24) is 19.3 Å². The van der Waals surface area contributed by atoms with Crippen LogP contribution in [0.3, 0.4) is 0 Å². The van der Waals surface area contributed by atoms with Crippen molar-refractivity contribution in [2.24, 2.45) is 7.05 Å². The Morgan fingerprint density at radius 2 is 1.60 bits per heavy atom. The summed E-state index contributed by atoms with van der Waals surface area (Å²) < 4.78 is 7.35. The van der Waals surface area contributed by atoms with Gasteiger partial charge in [0.2, 0.25) is 0 Å². The third-order valence-electron chi connectivity index (χ3n) is 5.37. The molecular weight excluding hydrogens is 320 g/mol. The molecule has 25 heavy (non-hydrogen) atoms. The lowest BCUT2D eigenvalue weighted by molar-refractivity contribution is 0.0376. The van der Waals surface area contributed by atoms with E-state index in [9.17, 15) is 9.59 Å². The minimum atomic E-state index is 0.101. The Morgan fingerprint density at radius 3 is 2.16 bits per heavy atom. The molecule has 7 heteroatoms. The van der Waals surface area contributed by atoms with Gasteiger partial charge in [0.1, 0.15) is 0 Å². The predicted octanol–water partition coefficient (Wildman–Crippen LogP) is 0.894. The van der Waals surface area contributed by atoms with Crippen molar-refractivity contribution >= 4 is 11.8 Å². The molecule has 0 aromatic carbocycles. The summed E-state index contributed by atoms with van der Waals surface area (Å²) in [6, 6.07) is 2.07. The van der Waals surface area contributed by atoms with E-state index in [0.717, 1.165) is 30.0 Å². The molecule has 0 spiro atoms. The van der Waals surface area contributed by atoms with Gasteiger partial charge in [0.05, 0.1) is 19.8 Å². The number of hydrogen-bond donors (Lipinski definition) is 0. The van der Waals surface area contributed by atoms with Crippen LogP contribution >= 0.6 is 0 Å². The predicted molar refractivity (Wildman–Crippen MR) is 95.0 cm³/mol. The largest absolute Gasteiger partial charge is 0.378 e. The van der Waals surface area contributed by atoms with Gasteiger partial charge in [0, 0.05) is 63.3 Å². The molecule has 0 N–H and O–H groups in total. The van der Waals surface area contributed by atoms with E-state index in [0.29, 0.717) is 45.9 Å². The van der Waals surface area contributed by atoms with Crippen LogP contribution in [0.5, 0.6) is 0 Å². The molecule has 1 aromatic rings. The van der Waals surface area contributed by atoms with Crippen molar-refractivity contribution in [1.29, 1.82) is 0 Å². The zero-order chi connectivity index (χ0) is 18.0. The fourth-order valence-electron chi connectivity index (χ4n) is 3.48. The molecule has 0 atom stereocenters. The first-order chi connectivity index (χ1) is 12.0. The van der Waals surface area contributed by atoms with Crippen LogP contribution < -0.4 is 0 Å². The fourth-order valence-corrected chi connectivity index (χ4v) is 3.48. The van der Waals surface area contributed by atoms with Gasteiger partial charge in [-0.15, -0.1) is 0 Å². The highest BCUT2D eigenvalue weighted by atomic mass is 16.5. The van der Waals surface area contributed by atoms with Gasteiger partial charge in [-0.25, -0.2) is 4.79 Å². The monoisotopic (exact) mass is 348 g/mol. The number of carbonyl (C=O) groups excluding carboxylic acids is 2. The number of aryl methyl sites for hydroxylation is 1. The zero-order valence-electron chi connectivity index (χ0n) is 15.5. The maximum Gasteiger partial charge on any atom is 0.320 e. The number of hydrogen-bond acceptors (Lipinski definition) is 4. The molecule has 0 radical (unpaired) electrons. The number of piperazine rings is 1. The van der Waals surface area contributed by atoms with E-state index >= 15 is 0 Å². The molecule has 138 valence electrons. The quantitative estimate of drug-likeness (QED) is 0.762. The van der Waals surface area contributed by atoms with Gasteiger partial charge in [0.25, 0.3) is 0 Å². The molecule has 0 bridgehead atoms. The number of nitrogens with zero attached hydrogens (tertiary/aromatic N) is 4. The van der Waals surface area contributed by atoms with E-state index in [1.807, 2.05) is 41.3 Å². The van der Waals surface area contributed by atoms with Gasteiger partial charge >= 0.3 is 6.03 Å². The summed E-state index contributed by atoms with van der Waals surface area (Å²) in [5.74, 6) is 0.161. The van der Waals surface area contributed by atoms with Gasteiger partial charge < -0.3 is 19.1 Å². The van der Waals surface area contributed by atoms with Crippen molar-refractivity contribution in [3.8, 4) is 0 Å². The summed E-state index contributed by atoms with van der Waals surface area (Å²) in [4.78, 5) is 31.0. The lowest BCUT2D eigenvalue weighted by Gasteiger charge is -2.38. The van der Waals surface area contributed by atoms with Gasteiger partial charge in [-0.05, 0) is 19.9 Å².